The van der Waals surface area contributed by atoms with Crippen molar-refractivity contribution >= 4 is 0 Å². The van der Waals surface area contributed by atoms with Gasteiger partial charge in [0.2, 0.25) is 0 Å². The number of nitrogens with one attached hydrogen (secondary N) is 2. The lowest BCUT2D eigenvalue weighted by Crippen LogP contribution is -2.29. The molecule has 0 radical (unpaired) electrons. The summed E-state index contributed by atoms with van der Waals surface area (Å²) in [5.74, 6) is 0. The first-order valence-electron chi connectivity index (χ1n) is 3.06. The van der Waals surface area contributed by atoms with Crippen molar-refractivity contribution in [3.05, 3.63) is 12.2 Å². The van der Waals surface area contributed by atoms with Crippen LogP contribution in [-0.4, -0.2) is 26.2 Å². The van der Waals surface area contributed by atoms with E-state index in [2.05, 4.69) is 22.8 Å². The van der Waals surface area contributed by atoms with Crippen LogP contribution in [-0.2, 0) is 0 Å². The Kier molecular flexibility index (Phi) is 2.63. The normalized spacial score (nSPS) is 26.0. The van der Waals surface area contributed by atoms with Gasteiger partial charge in [-0.1, -0.05) is 12.2 Å². The van der Waals surface area contributed by atoms with Crippen molar-refractivity contribution in [1.29, 1.82) is 0 Å². The largest absolute Gasteiger partial charge is 0.312 e. The van der Waals surface area contributed by atoms with Crippen molar-refractivity contribution in [2.75, 3.05) is 26.2 Å². The molecule has 2 heteroatoms. The summed E-state index contributed by atoms with van der Waals surface area (Å²) in [6.07, 6.45) is 4.29. The highest BCUT2D eigenvalue weighted by Crippen LogP contribution is 1.72. The van der Waals surface area contributed by atoms with Crippen LogP contribution in [0.25, 0.3) is 0 Å². The molecular weight excluding hydrogens is 100 g/mol. The molecule has 0 atom stereocenters. The molecule has 0 fully saturated rings. The predicted molar refractivity (Wildman–Crippen MR) is 34.9 cm³/mol. The van der Waals surface area contributed by atoms with Gasteiger partial charge in [0, 0.05) is 26.2 Å². The topological polar surface area (TPSA) is 24.1 Å². The van der Waals surface area contributed by atoms with Crippen LogP contribution in [0.1, 0.15) is 0 Å². The zero-order valence-electron chi connectivity index (χ0n) is 4.98. The summed E-state index contributed by atoms with van der Waals surface area (Å²) in [7, 11) is 0. The van der Waals surface area contributed by atoms with Crippen molar-refractivity contribution in [3.8, 4) is 0 Å². The molecule has 0 aromatic carbocycles. The Bertz CT molecular complexity index is 68.6. The summed E-state index contributed by atoms with van der Waals surface area (Å²) in [5, 5.41) is 6.48. The number of hydrogen-bond acceptors (Lipinski definition) is 2. The molecule has 0 amide bonds. The van der Waals surface area contributed by atoms with E-state index >= 15 is 0 Å². The van der Waals surface area contributed by atoms with Gasteiger partial charge >= 0.3 is 0 Å². The molecule has 8 heavy (non-hydrogen) atoms. The lowest BCUT2D eigenvalue weighted by atomic mass is 10.4. The van der Waals surface area contributed by atoms with Crippen molar-refractivity contribution < 1.29 is 0 Å². The first-order valence-corrected chi connectivity index (χ1v) is 3.06. The molecule has 1 heterocycles. The lowest BCUT2D eigenvalue weighted by Gasteiger charge is -2.05. The van der Waals surface area contributed by atoms with Crippen LogP contribution in [0.15, 0.2) is 12.2 Å². The van der Waals surface area contributed by atoms with Crippen LogP contribution < -0.4 is 10.6 Å². The van der Waals surface area contributed by atoms with E-state index in [1.165, 1.54) is 0 Å². The van der Waals surface area contributed by atoms with Gasteiger partial charge in [0.25, 0.3) is 0 Å². The molecule has 0 bridgehead atoms. The molecule has 1 aliphatic heterocycles. The molecule has 0 aliphatic carbocycles. The van der Waals surface area contributed by atoms with Crippen LogP contribution >= 0.6 is 0 Å². The monoisotopic (exact) mass is 112 g/mol. The van der Waals surface area contributed by atoms with E-state index in [0.29, 0.717) is 0 Å². The van der Waals surface area contributed by atoms with Crippen molar-refractivity contribution in [1.82, 2.24) is 10.6 Å². The summed E-state index contributed by atoms with van der Waals surface area (Å²) < 4.78 is 0. The minimum absolute atomic E-state index is 1.03. The maximum atomic E-state index is 3.24. The van der Waals surface area contributed by atoms with Crippen LogP contribution in [0.2, 0.25) is 0 Å². The van der Waals surface area contributed by atoms with Gasteiger partial charge in [-0.15, -0.1) is 0 Å². The van der Waals surface area contributed by atoms with E-state index in [0.717, 1.165) is 26.2 Å². The van der Waals surface area contributed by atoms with Gasteiger partial charge in [-0.2, -0.15) is 0 Å². The fraction of sp³-hybridized carbons (Fsp3) is 0.667. The second kappa shape index (κ2) is 3.64. The van der Waals surface area contributed by atoms with E-state index in [1.807, 2.05) is 0 Å². The minimum Gasteiger partial charge on any atom is -0.312 e. The highest BCUT2D eigenvalue weighted by molar-refractivity contribution is 4.87. The van der Waals surface area contributed by atoms with Gasteiger partial charge < -0.3 is 10.6 Å². The molecular formula is C6H12N2. The summed E-state index contributed by atoms with van der Waals surface area (Å²) in [6.45, 7) is 4.23. The lowest BCUT2D eigenvalue weighted by molar-refractivity contribution is 0.654. The molecule has 0 aromatic rings. The molecule has 0 unspecified atom stereocenters. The minimum atomic E-state index is 1.03. The molecule has 0 spiro atoms. The summed E-state index contributed by atoms with van der Waals surface area (Å²) in [6, 6.07) is 0. The van der Waals surface area contributed by atoms with Crippen molar-refractivity contribution in [3.63, 3.8) is 0 Å². The second-order valence-corrected chi connectivity index (χ2v) is 1.88. The Morgan fingerprint density at radius 2 is 1.38 bits per heavy atom. The van der Waals surface area contributed by atoms with Gasteiger partial charge in [0.05, 0.1) is 0 Å². The first-order chi connectivity index (χ1) is 4.00. The van der Waals surface area contributed by atoms with Gasteiger partial charge in [0.15, 0.2) is 0 Å². The van der Waals surface area contributed by atoms with Gasteiger partial charge in [0.1, 0.15) is 0 Å². The SMILES string of the molecule is C1=C\CNCCNC/1. The fourth-order valence-corrected chi connectivity index (χ4v) is 0.714. The summed E-state index contributed by atoms with van der Waals surface area (Å²) in [5.41, 5.74) is 0. The standard InChI is InChI=1S/C6H12N2/c1-2-4-8-6-5-7-3-1/h1-2,7-8H,3-6H2/b2-1-. The summed E-state index contributed by atoms with van der Waals surface area (Å²) >= 11 is 0. The number of rotatable bonds is 0. The van der Waals surface area contributed by atoms with E-state index in [4.69, 9.17) is 0 Å². The molecule has 0 saturated carbocycles. The molecule has 2 N–H and O–H groups in total. The zero-order chi connectivity index (χ0) is 5.66. The summed E-state index contributed by atoms with van der Waals surface area (Å²) in [4.78, 5) is 0. The highest BCUT2D eigenvalue weighted by atomic mass is 14.9. The third kappa shape index (κ3) is 2.09. The average Bonchev–Trinajstić information content (AvgIpc) is 1.62. The van der Waals surface area contributed by atoms with Crippen LogP contribution in [0.5, 0.6) is 0 Å². The zero-order valence-corrected chi connectivity index (χ0v) is 4.98. The maximum Gasteiger partial charge on any atom is 0.0135 e. The maximum absolute atomic E-state index is 3.24. The quantitative estimate of drug-likeness (QED) is 0.422. The Morgan fingerprint density at radius 1 is 0.875 bits per heavy atom. The van der Waals surface area contributed by atoms with E-state index in [1.54, 1.807) is 0 Å². The highest BCUT2D eigenvalue weighted by Gasteiger charge is 1.86. The third-order valence-corrected chi connectivity index (χ3v) is 1.17. The molecule has 1 rings (SSSR count). The third-order valence-electron chi connectivity index (χ3n) is 1.17. The van der Waals surface area contributed by atoms with Gasteiger partial charge in [-0.05, 0) is 0 Å². The van der Waals surface area contributed by atoms with Crippen LogP contribution in [0, 0.1) is 0 Å². The molecule has 0 aromatic heterocycles. The second-order valence-electron chi connectivity index (χ2n) is 1.88. The molecule has 0 saturated heterocycles. The Hall–Kier alpha value is -0.340. The Balaban J connectivity index is 2.17. The van der Waals surface area contributed by atoms with Gasteiger partial charge in [-0.3, -0.25) is 0 Å². The van der Waals surface area contributed by atoms with Crippen molar-refractivity contribution in [2.24, 2.45) is 0 Å². The van der Waals surface area contributed by atoms with E-state index in [9.17, 15) is 0 Å². The van der Waals surface area contributed by atoms with Gasteiger partial charge in [-0.25, -0.2) is 0 Å². The molecule has 1 aliphatic rings. The van der Waals surface area contributed by atoms with E-state index < -0.39 is 0 Å². The van der Waals surface area contributed by atoms with Crippen LogP contribution in [0.4, 0.5) is 0 Å². The first kappa shape index (κ1) is 5.79. The van der Waals surface area contributed by atoms with Crippen LogP contribution in [0.3, 0.4) is 0 Å². The fourth-order valence-electron chi connectivity index (χ4n) is 0.714. The Labute approximate surface area is 50.0 Å². The molecule has 46 valence electrons. The average molecular weight is 112 g/mol. The smallest absolute Gasteiger partial charge is 0.0135 e. The Morgan fingerprint density at radius 3 is 1.88 bits per heavy atom. The number of hydrogen-bond donors (Lipinski definition) is 2. The van der Waals surface area contributed by atoms with E-state index in [-0.39, 0.29) is 0 Å². The molecule has 2 nitrogen and oxygen atoms in total. The van der Waals surface area contributed by atoms with Crippen molar-refractivity contribution in [2.45, 2.75) is 0 Å². The predicted octanol–water partition coefficient (Wildman–Crippen LogP) is -0.265.